The largest absolute Gasteiger partial charge is 0.497 e. The van der Waals surface area contributed by atoms with Crippen LogP contribution in [0.25, 0.3) is 0 Å². The summed E-state index contributed by atoms with van der Waals surface area (Å²) in [7, 11) is 3.24. The van der Waals surface area contributed by atoms with Gasteiger partial charge in [0.25, 0.3) is 0 Å². The molecule has 1 atom stereocenters. The fraction of sp³-hybridized carbons (Fsp3) is 0.350. The molecule has 1 N–H and O–H groups in total. The van der Waals surface area contributed by atoms with Gasteiger partial charge in [-0.2, -0.15) is 0 Å². The van der Waals surface area contributed by atoms with E-state index in [9.17, 15) is 4.79 Å². The molecule has 0 aliphatic rings. The van der Waals surface area contributed by atoms with Gasteiger partial charge in [-0.15, -0.1) is 11.8 Å². The third kappa shape index (κ3) is 6.15. The van der Waals surface area contributed by atoms with E-state index in [0.717, 1.165) is 39.2 Å². The summed E-state index contributed by atoms with van der Waals surface area (Å²) < 4.78 is 10.6. The van der Waals surface area contributed by atoms with Crippen LogP contribution in [0.15, 0.2) is 47.4 Å². The molecule has 0 saturated heterocycles. The van der Waals surface area contributed by atoms with E-state index in [0.29, 0.717) is 6.42 Å². The van der Waals surface area contributed by atoms with Crippen molar-refractivity contribution in [2.75, 3.05) is 20.0 Å². The van der Waals surface area contributed by atoms with E-state index in [4.69, 9.17) is 21.1 Å². The van der Waals surface area contributed by atoms with Crippen LogP contribution >= 0.6 is 23.4 Å². The Morgan fingerprint density at radius 3 is 2.54 bits per heavy atom. The lowest BCUT2D eigenvalue weighted by molar-refractivity contribution is -0.121. The molecule has 1 amide bonds. The predicted octanol–water partition coefficient (Wildman–Crippen LogP) is 5.11. The Balaban J connectivity index is 1.80. The van der Waals surface area contributed by atoms with Crippen LogP contribution in [0.5, 0.6) is 11.5 Å². The predicted molar refractivity (Wildman–Crippen MR) is 108 cm³/mol. The minimum absolute atomic E-state index is 0.0269. The molecule has 6 heteroatoms. The van der Waals surface area contributed by atoms with Crippen molar-refractivity contribution in [1.82, 2.24) is 5.32 Å². The van der Waals surface area contributed by atoms with Gasteiger partial charge in [0.05, 0.1) is 20.3 Å². The van der Waals surface area contributed by atoms with Crippen LogP contribution in [0.3, 0.4) is 0 Å². The van der Waals surface area contributed by atoms with E-state index in [1.54, 1.807) is 26.0 Å². The molecular weight excluding hydrogens is 370 g/mol. The summed E-state index contributed by atoms with van der Waals surface area (Å²) in [5, 5.41) is 3.76. The summed E-state index contributed by atoms with van der Waals surface area (Å²) >= 11 is 7.60. The molecular formula is C20H24ClNO3S. The number of thioether (sulfide) groups is 1. The van der Waals surface area contributed by atoms with Crippen LogP contribution in [-0.4, -0.2) is 25.9 Å². The second-order valence-corrected chi connectivity index (χ2v) is 7.41. The van der Waals surface area contributed by atoms with Gasteiger partial charge in [-0.1, -0.05) is 11.6 Å². The number of methoxy groups -OCH3 is 2. The molecule has 2 aromatic carbocycles. The molecule has 26 heavy (non-hydrogen) atoms. The van der Waals surface area contributed by atoms with E-state index in [1.807, 2.05) is 49.4 Å². The molecule has 4 nitrogen and oxygen atoms in total. The van der Waals surface area contributed by atoms with Crippen molar-refractivity contribution in [2.24, 2.45) is 0 Å². The number of benzene rings is 2. The maximum Gasteiger partial charge on any atom is 0.220 e. The Morgan fingerprint density at radius 1 is 1.15 bits per heavy atom. The molecule has 0 bridgehead atoms. The standard InChI is InChI=1S/C20H24ClNO3S/c1-14(18-13-16(24-2)8-11-19(18)25-3)22-20(23)5-4-12-26-17-9-6-15(21)7-10-17/h6-11,13-14H,4-5,12H2,1-3H3,(H,22,23)/t14-/m0/s1. The Hall–Kier alpha value is -1.85. The molecule has 0 fully saturated rings. The molecule has 0 spiro atoms. The number of halogens is 1. The van der Waals surface area contributed by atoms with Gasteiger partial charge < -0.3 is 14.8 Å². The molecule has 0 aliphatic carbocycles. The second kappa shape index (κ2) is 10.3. The van der Waals surface area contributed by atoms with Crippen molar-refractivity contribution in [3.05, 3.63) is 53.1 Å². The van der Waals surface area contributed by atoms with Crippen molar-refractivity contribution >= 4 is 29.3 Å². The van der Waals surface area contributed by atoms with Crippen molar-refractivity contribution < 1.29 is 14.3 Å². The SMILES string of the molecule is COc1ccc(OC)c([C@H](C)NC(=O)CCCSc2ccc(Cl)cc2)c1. The van der Waals surface area contributed by atoms with Gasteiger partial charge in [-0.05, 0) is 61.6 Å². The van der Waals surface area contributed by atoms with E-state index in [1.165, 1.54) is 0 Å². The third-order valence-electron chi connectivity index (χ3n) is 3.91. The zero-order valence-corrected chi connectivity index (χ0v) is 16.8. The van der Waals surface area contributed by atoms with Gasteiger partial charge in [0.2, 0.25) is 5.91 Å². The summed E-state index contributed by atoms with van der Waals surface area (Å²) in [6.07, 6.45) is 1.29. The normalized spacial score (nSPS) is 11.7. The van der Waals surface area contributed by atoms with Gasteiger partial charge in [0, 0.05) is 21.9 Å². The maximum atomic E-state index is 12.2. The average molecular weight is 394 g/mol. The van der Waals surface area contributed by atoms with Crippen LogP contribution in [0.2, 0.25) is 5.02 Å². The highest BCUT2D eigenvalue weighted by Crippen LogP contribution is 2.29. The van der Waals surface area contributed by atoms with E-state index in [2.05, 4.69) is 5.32 Å². The number of nitrogens with one attached hydrogen (secondary N) is 1. The lowest BCUT2D eigenvalue weighted by Gasteiger charge is -2.18. The molecule has 2 rings (SSSR count). The average Bonchev–Trinajstić information content (AvgIpc) is 2.66. The van der Waals surface area contributed by atoms with E-state index >= 15 is 0 Å². The Bertz CT molecular complexity index is 721. The highest BCUT2D eigenvalue weighted by molar-refractivity contribution is 7.99. The fourth-order valence-electron chi connectivity index (χ4n) is 2.52. The number of hydrogen-bond acceptors (Lipinski definition) is 4. The van der Waals surface area contributed by atoms with Crippen LogP contribution < -0.4 is 14.8 Å². The highest BCUT2D eigenvalue weighted by Gasteiger charge is 2.15. The zero-order chi connectivity index (χ0) is 18.9. The van der Waals surface area contributed by atoms with Crippen LogP contribution in [0, 0.1) is 0 Å². The van der Waals surface area contributed by atoms with Gasteiger partial charge in [-0.25, -0.2) is 0 Å². The van der Waals surface area contributed by atoms with Crippen LogP contribution in [0.1, 0.15) is 31.4 Å². The van der Waals surface area contributed by atoms with Crippen molar-refractivity contribution in [3.8, 4) is 11.5 Å². The molecule has 0 saturated carbocycles. The summed E-state index contributed by atoms with van der Waals surface area (Å²) in [6, 6.07) is 13.1. The minimum Gasteiger partial charge on any atom is -0.497 e. The molecule has 0 heterocycles. The summed E-state index contributed by atoms with van der Waals surface area (Å²) in [4.78, 5) is 13.4. The van der Waals surface area contributed by atoms with Crippen LogP contribution in [0.4, 0.5) is 0 Å². The first-order chi connectivity index (χ1) is 12.5. The Morgan fingerprint density at radius 2 is 1.88 bits per heavy atom. The highest BCUT2D eigenvalue weighted by atomic mass is 35.5. The zero-order valence-electron chi connectivity index (χ0n) is 15.3. The first-order valence-corrected chi connectivity index (χ1v) is 9.79. The van der Waals surface area contributed by atoms with E-state index in [-0.39, 0.29) is 11.9 Å². The fourth-order valence-corrected chi connectivity index (χ4v) is 3.50. The summed E-state index contributed by atoms with van der Waals surface area (Å²) in [5.74, 6) is 2.38. The molecule has 0 aliphatic heterocycles. The Kier molecular flexibility index (Phi) is 8.13. The van der Waals surface area contributed by atoms with E-state index < -0.39 is 0 Å². The number of rotatable bonds is 9. The second-order valence-electron chi connectivity index (χ2n) is 5.80. The van der Waals surface area contributed by atoms with Crippen molar-refractivity contribution in [3.63, 3.8) is 0 Å². The molecule has 140 valence electrons. The lowest BCUT2D eigenvalue weighted by atomic mass is 10.1. The smallest absolute Gasteiger partial charge is 0.220 e. The van der Waals surface area contributed by atoms with Gasteiger partial charge >= 0.3 is 0 Å². The molecule has 2 aromatic rings. The monoisotopic (exact) mass is 393 g/mol. The summed E-state index contributed by atoms with van der Waals surface area (Å²) in [5.41, 5.74) is 0.899. The van der Waals surface area contributed by atoms with Gasteiger partial charge in [0.15, 0.2) is 0 Å². The minimum atomic E-state index is -0.156. The Labute approximate surface area is 164 Å². The van der Waals surface area contributed by atoms with Gasteiger partial charge in [0.1, 0.15) is 11.5 Å². The number of ether oxygens (including phenoxy) is 2. The molecule has 0 unspecified atom stereocenters. The number of hydrogen-bond donors (Lipinski definition) is 1. The van der Waals surface area contributed by atoms with Crippen LogP contribution in [-0.2, 0) is 4.79 Å². The first kappa shape index (κ1) is 20.5. The number of carbonyl (C=O) groups is 1. The van der Waals surface area contributed by atoms with Crippen molar-refractivity contribution in [1.29, 1.82) is 0 Å². The number of carbonyl (C=O) groups excluding carboxylic acids is 1. The molecule has 0 radical (unpaired) electrons. The lowest BCUT2D eigenvalue weighted by Crippen LogP contribution is -2.26. The number of amides is 1. The molecule has 0 aromatic heterocycles. The van der Waals surface area contributed by atoms with Crippen molar-refractivity contribution in [2.45, 2.75) is 30.7 Å². The topological polar surface area (TPSA) is 47.6 Å². The van der Waals surface area contributed by atoms with Gasteiger partial charge in [-0.3, -0.25) is 4.79 Å². The summed E-state index contributed by atoms with van der Waals surface area (Å²) in [6.45, 7) is 1.94. The maximum absolute atomic E-state index is 12.2. The first-order valence-electron chi connectivity index (χ1n) is 8.43. The third-order valence-corrected chi connectivity index (χ3v) is 5.26. The quantitative estimate of drug-likeness (QED) is 0.475.